The first-order valence-corrected chi connectivity index (χ1v) is 11.4. The smallest absolute Gasteiger partial charge is 0.251 e. The minimum Gasteiger partial charge on any atom is -0.463 e. The van der Waals surface area contributed by atoms with Crippen molar-refractivity contribution in [2.75, 3.05) is 19.6 Å². The van der Waals surface area contributed by atoms with Crippen LogP contribution in [0.3, 0.4) is 0 Å². The molecule has 0 aromatic carbocycles. The number of nitrogens with one attached hydrogen (secondary N) is 1. The normalized spacial score (nSPS) is 15.3. The SMILES string of the molecule is Cc1cnc2ccc(=O)n(CCN3CCC(NCc4cncc(-c5ccco5)n4)CC3)c2c1. The van der Waals surface area contributed by atoms with Crippen LogP contribution >= 0.6 is 0 Å². The molecule has 8 nitrogen and oxygen atoms in total. The van der Waals surface area contributed by atoms with Crippen molar-refractivity contribution in [1.82, 2.24) is 29.7 Å². The fourth-order valence-corrected chi connectivity index (χ4v) is 4.38. The number of aromatic nitrogens is 4. The van der Waals surface area contributed by atoms with E-state index in [2.05, 4.69) is 25.2 Å². The highest BCUT2D eigenvalue weighted by atomic mass is 16.3. The monoisotopic (exact) mass is 444 g/mol. The van der Waals surface area contributed by atoms with Crippen molar-refractivity contribution in [1.29, 1.82) is 0 Å². The van der Waals surface area contributed by atoms with Gasteiger partial charge >= 0.3 is 0 Å². The number of likely N-dealkylation sites (tertiary alicyclic amines) is 1. The van der Waals surface area contributed by atoms with Crippen molar-refractivity contribution in [2.24, 2.45) is 0 Å². The van der Waals surface area contributed by atoms with Gasteiger partial charge < -0.3 is 19.2 Å². The lowest BCUT2D eigenvalue weighted by Crippen LogP contribution is -2.43. The molecule has 1 N–H and O–H groups in total. The van der Waals surface area contributed by atoms with Gasteiger partial charge in [0.25, 0.3) is 5.56 Å². The second-order valence-corrected chi connectivity index (χ2v) is 8.61. The molecular weight excluding hydrogens is 416 g/mol. The molecule has 1 saturated heterocycles. The number of nitrogens with zero attached hydrogens (tertiary/aromatic N) is 5. The van der Waals surface area contributed by atoms with Crippen LogP contribution in [0.4, 0.5) is 0 Å². The van der Waals surface area contributed by atoms with E-state index in [-0.39, 0.29) is 5.56 Å². The van der Waals surface area contributed by atoms with Crippen molar-refractivity contribution in [3.63, 3.8) is 0 Å². The lowest BCUT2D eigenvalue weighted by molar-refractivity contribution is 0.191. The second kappa shape index (κ2) is 9.64. The van der Waals surface area contributed by atoms with Gasteiger partial charge in [-0.3, -0.25) is 14.8 Å². The molecule has 33 heavy (non-hydrogen) atoms. The molecule has 5 rings (SSSR count). The molecule has 5 heterocycles. The van der Waals surface area contributed by atoms with Gasteiger partial charge in [0.2, 0.25) is 0 Å². The van der Waals surface area contributed by atoms with E-state index in [0.717, 1.165) is 66.2 Å². The maximum Gasteiger partial charge on any atom is 0.251 e. The van der Waals surface area contributed by atoms with Gasteiger partial charge in [-0.15, -0.1) is 0 Å². The van der Waals surface area contributed by atoms with Gasteiger partial charge in [0.1, 0.15) is 5.69 Å². The van der Waals surface area contributed by atoms with E-state index in [1.54, 1.807) is 30.8 Å². The molecule has 1 fully saturated rings. The Balaban J connectivity index is 1.13. The largest absolute Gasteiger partial charge is 0.463 e. The zero-order valence-corrected chi connectivity index (χ0v) is 18.8. The average molecular weight is 445 g/mol. The zero-order chi connectivity index (χ0) is 22.6. The minimum atomic E-state index is 0.0318. The van der Waals surface area contributed by atoms with Crippen molar-refractivity contribution in [3.8, 4) is 11.5 Å². The van der Waals surface area contributed by atoms with Crippen LogP contribution in [0, 0.1) is 6.92 Å². The second-order valence-electron chi connectivity index (χ2n) is 8.61. The van der Waals surface area contributed by atoms with E-state index in [4.69, 9.17) is 4.42 Å². The highest BCUT2D eigenvalue weighted by Crippen LogP contribution is 2.17. The van der Waals surface area contributed by atoms with E-state index in [9.17, 15) is 4.79 Å². The summed E-state index contributed by atoms with van der Waals surface area (Å²) in [4.78, 5) is 28.3. The third-order valence-electron chi connectivity index (χ3n) is 6.23. The molecule has 0 atom stereocenters. The van der Waals surface area contributed by atoms with Gasteiger partial charge in [-0.05, 0) is 62.7 Å². The molecule has 0 amide bonds. The standard InChI is InChI=1S/C25H28N6O2/c1-18-13-23-21(28-14-18)4-5-25(32)31(23)11-10-30-8-6-19(7-9-30)27-16-20-15-26-17-22(29-20)24-3-2-12-33-24/h2-5,12-15,17,19,27H,6-11,16H2,1H3. The summed E-state index contributed by atoms with van der Waals surface area (Å²) in [6.07, 6.45) is 9.14. The first kappa shape index (κ1) is 21.5. The van der Waals surface area contributed by atoms with Crippen LogP contribution in [-0.2, 0) is 13.1 Å². The van der Waals surface area contributed by atoms with Gasteiger partial charge in [-0.1, -0.05) is 0 Å². The molecule has 4 aromatic rings. The number of hydrogen-bond donors (Lipinski definition) is 1. The predicted molar refractivity (Wildman–Crippen MR) is 127 cm³/mol. The summed E-state index contributed by atoms with van der Waals surface area (Å²) in [6, 6.07) is 9.65. The van der Waals surface area contributed by atoms with E-state index in [1.165, 1.54) is 0 Å². The Morgan fingerprint density at radius 1 is 1.12 bits per heavy atom. The predicted octanol–water partition coefficient (Wildman–Crippen LogP) is 3.01. The first-order valence-electron chi connectivity index (χ1n) is 11.4. The van der Waals surface area contributed by atoms with Crippen LogP contribution in [-0.4, -0.2) is 50.1 Å². The molecule has 0 saturated carbocycles. The van der Waals surface area contributed by atoms with E-state index in [1.807, 2.05) is 35.9 Å². The molecule has 0 spiro atoms. The Bertz CT molecular complexity index is 1280. The van der Waals surface area contributed by atoms with Crippen LogP contribution in [0.1, 0.15) is 24.1 Å². The van der Waals surface area contributed by atoms with Gasteiger partial charge in [-0.2, -0.15) is 0 Å². The highest BCUT2D eigenvalue weighted by Gasteiger charge is 2.19. The molecule has 0 bridgehead atoms. The number of aryl methyl sites for hydroxylation is 1. The maximum absolute atomic E-state index is 12.5. The highest BCUT2D eigenvalue weighted by molar-refractivity contribution is 5.74. The number of pyridine rings is 2. The molecule has 1 aliphatic heterocycles. The molecule has 1 aliphatic rings. The fourth-order valence-electron chi connectivity index (χ4n) is 4.38. The van der Waals surface area contributed by atoms with Gasteiger partial charge in [0.05, 0.1) is 29.2 Å². The Hall–Kier alpha value is -3.36. The van der Waals surface area contributed by atoms with Crippen molar-refractivity contribution in [2.45, 2.75) is 38.9 Å². The summed E-state index contributed by atoms with van der Waals surface area (Å²) < 4.78 is 7.27. The maximum atomic E-state index is 12.5. The fraction of sp³-hybridized carbons (Fsp3) is 0.360. The summed E-state index contributed by atoms with van der Waals surface area (Å²) >= 11 is 0. The Labute approximate surface area is 192 Å². The topological polar surface area (TPSA) is 89.1 Å². The third kappa shape index (κ3) is 5.02. The van der Waals surface area contributed by atoms with Crippen LogP contribution in [0.25, 0.3) is 22.5 Å². The number of hydrogen-bond acceptors (Lipinski definition) is 7. The summed E-state index contributed by atoms with van der Waals surface area (Å²) in [5, 5.41) is 3.62. The van der Waals surface area contributed by atoms with Gasteiger partial charge in [0.15, 0.2) is 5.76 Å². The average Bonchev–Trinajstić information content (AvgIpc) is 3.38. The number of rotatable bonds is 7. The summed E-state index contributed by atoms with van der Waals surface area (Å²) in [5.74, 6) is 0.730. The lowest BCUT2D eigenvalue weighted by Gasteiger charge is -2.32. The number of furan rings is 1. The molecule has 0 aliphatic carbocycles. The summed E-state index contributed by atoms with van der Waals surface area (Å²) in [6.45, 7) is 6.24. The van der Waals surface area contributed by atoms with Crippen molar-refractivity contribution < 1.29 is 4.42 Å². The van der Waals surface area contributed by atoms with Crippen LogP contribution in [0.5, 0.6) is 0 Å². The lowest BCUT2D eigenvalue weighted by atomic mass is 10.0. The zero-order valence-electron chi connectivity index (χ0n) is 18.8. The Morgan fingerprint density at radius 3 is 2.82 bits per heavy atom. The quantitative estimate of drug-likeness (QED) is 0.469. The molecule has 0 radical (unpaired) electrons. The molecule has 170 valence electrons. The van der Waals surface area contributed by atoms with Crippen LogP contribution in [0.15, 0.2) is 64.4 Å². The van der Waals surface area contributed by atoms with E-state index < -0.39 is 0 Å². The number of piperidine rings is 1. The third-order valence-corrected chi connectivity index (χ3v) is 6.23. The molecule has 0 unspecified atom stereocenters. The minimum absolute atomic E-state index is 0.0318. The summed E-state index contributed by atoms with van der Waals surface area (Å²) in [7, 11) is 0. The Morgan fingerprint density at radius 2 is 2.00 bits per heavy atom. The van der Waals surface area contributed by atoms with Gasteiger partial charge in [0, 0.05) is 44.1 Å². The van der Waals surface area contributed by atoms with Gasteiger partial charge in [-0.25, -0.2) is 4.98 Å². The van der Waals surface area contributed by atoms with Crippen molar-refractivity contribution >= 4 is 11.0 Å². The Kier molecular flexibility index (Phi) is 6.28. The first-order chi connectivity index (χ1) is 16.2. The van der Waals surface area contributed by atoms with E-state index in [0.29, 0.717) is 19.1 Å². The number of fused-ring (bicyclic) bond motifs is 1. The van der Waals surface area contributed by atoms with Crippen LogP contribution in [0.2, 0.25) is 0 Å². The van der Waals surface area contributed by atoms with E-state index >= 15 is 0 Å². The van der Waals surface area contributed by atoms with Crippen molar-refractivity contribution in [3.05, 3.63) is 76.8 Å². The van der Waals surface area contributed by atoms with Crippen LogP contribution < -0.4 is 10.9 Å². The summed E-state index contributed by atoms with van der Waals surface area (Å²) in [5.41, 5.74) is 4.53. The molecule has 4 aromatic heterocycles. The molecular formula is C25H28N6O2. The molecule has 8 heteroatoms.